The Labute approximate surface area is 165 Å². The van der Waals surface area contributed by atoms with Crippen LogP contribution >= 0.6 is 0 Å². The molecule has 156 valence electrons. The number of urea groups is 1. The summed E-state index contributed by atoms with van der Waals surface area (Å²) in [5.41, 5.74) is -1.10. The van der Waals surface area contributed by atoms with Gasteiger partial charge in [0, 0.05) is 12.6 Å². The largest absolute Gasteiger partial charge is 0.452 e. The molecule has 3 rings (SSSR count). The van der Waals surface area contributed by atoms with Crippen LogP contribution in [0.15, 0.2) is 18.2 Å². The van der Waals surface area contributed by atoms with Gasteiger partial charge in [-0.25, -0.2) is 13.6 Å². The second-order valence-corrected chi connectivity index (χ2v) is 7.17. The first-order valence-corrected chi connectivity index (χ1v) is 9.31. The van der Waals surface area contributed by atoms with Crippen molar-refractivity contribution in [2.75, 3.05) is 11.9 Å². The number of imide groups is 1. The van der Waals surface area contributed by atoms with Gasteiger partial charge in [-0.05, 0) is 31.9 Å². The third-order valence-electron chi connectivity index (χ3n) is 5.11. The van der Waals surface area contributed by atoms with E-state index in [-0.39, 0.29) is 24.6 Å². The van der Waals surface area contributed by atoms with Gasteiger partial charge < -0.3 is 15.4 Å². The Bertz CT molecular complexity index is 854. The number of halogens is 2. The molecule has 0 unspecified atom stereocenters. The Morgan fingerprint density at radius 3 is 2.62 bits per heavy atom. The quantitative estimate of drug-likeness (QED) is 0.553. The number of carbonyl (C=O) groups is 4. The number of nitrogens with one attached hydrogen (secondary N) is 2. The van der Waals surface area contributed by atoms with E-state index in [1.165, 1.54) is 6.92 Å². The predicted molar refractivity (Wildman–Crippen MR) is 96.6 cm³/mol. The van der Waals surface area contributed by atoms with Crippen molar-refractivity contribution in [1.82, 2.24) is 10.2 Å². The summed E-state index contributed by atoms with van der Waals surface area (Å²) in [6, 6.07) is 2.10. The topological polar surface area (TPSA) is 105 Å². The number of carbonyl (C=O) groups excluding carboxylic acids is 4. The van der Waals surface area contributed by atoms with E-state index in [4.69, 9.17) is 4.74 Å². The zero-order valence-corrected chi connectivity index (χ0v) is 15.8. The van der Waals surface area contributed by atoms with Crippen molar-refractivity contribution in [3.05, 3.63) is 29.8 Å². The van der Waals surface area contributed by atoms with Gasteiger partial charge in [0.05, 0.1) is 12.1 Å². The van der Waals surface area contributed by atoms with Crippen LogP contribution in [-0.4, -0.2) is 46.9 Å². The predicted octanol–water partition coefficient (Wildman–Crippen LogP) is 2.09. The first-order valence-electron chi connectivity index (χ1n) is 9.31. The van der Waals surface area contributed by atoms with E-state index < -0.39 is 41.2 Å². The number of esters is 1. The summed E-state index contributed by atoms with van der Waals surface area (Å²) >= 11 is 0. The summed E-state index contributed by atoms with van der Waals surface area (Å²) in [4.78, 5) is 49.6. The molecule has 0 aromatic heterocycles. The van der Waals surface area contributed by atoms with Gasteiger partial charge in [0.25, 0.3) is 11.8 Å². The maximum Gasteiger partial charge on any atom is 0.325 e. The normalized spacial score (nSPS) is 18.7. The minimum atomic E-state index is -1.25. The molecular weight excluding hydrogens is 388 g/mol. The third kappa shape index (κ3) is 4.36. The molecule has 1 aliphatic heterocycles. The van der Waals surface area contributed by atoms with Crippen LogP contribution in [-0.2, 0) is 19.1 Å². The summed E-state index contributed by atoms with van der Waals surface area (Å²) in [6.07, 6.45) is 1.33. The van der Waals surface area contributed by atoms with Crippen LogP contribution in [0.1, 0.15) is 39.0 Å². The van der Waals surface area contributed by atoms with Crippen molar-refractivity contribution in [3.8, 4) is 0 Å². The summed E-state index contributed by atoms with van der Waals surface area (Å²) in [5, 5.41) is 4.91. The molecule has 0 radical (unpaired) electrons. The average Bonchev–Trinajstić information content (AvgIpc) is 3.21. The zero-order valence-electron chi connectivity index (χ0n) is 15.8. The van der Waals surface area contributed by atoms with Gasteiger partial charge in [0.1, 0.15) is 17.2 Å². The van der Waals surface area contributed by atoms with Crippen LogP contribution in [0.4, 0.5) is 19.3 Å². The van der Waals surface area contributed by atoms with Gasteiger partial charge in [-0.15, -0.1) is 0 Å². The molecule has 1 spiro atoms. The monoisotopic (exact) mass is 409 g/mol. The number of amides is 4. The van der Waals surface area contributed by atoms with E-state index in [1.54, 1.807) is 0 Å². The van der Waals surface area contributed by atoms with Crippen molar-refractivity contribution >= 4 is 29.5 Å². The van der Waals surface area contributed by atoms with E-state index in [1.807, 2.05) is 0 Å². The highest BCUT2D eigenvalue weighted by Crippen LogP contribution is 2.35. The second-order valence-electron chi connectivity index (χ2n) is 7.17. The molecular formula is C19H21F2N3O5. The molecule has 1 aromatic rings. The number of anilines is 1. The fourth-order valence-electron chi connectivity index (χ4n) is 3.53. The summed E-state index contributed by atoms with van der Waals surface area (Å²) < 4.78 is 31.5. The molecule has 1 heterocycles. The molecule has 4 amide bonds. The number of hydrogen-bond donors (Lipinski definition) is 2. The van der Waals surface area contributed by atoms with E-state index in [0.717, 1.165) is 29.9 Å². The van der Waals surface area contributed by atoms with Crippen LogP contribution in [0.5, 0.6) is 0 Å². The lowest BCUT2D eigenvalue weighted by atomic mass is 9.98. The lowest BCUT2D eigenvalue weighted by molar-refractivity contribution is -0.153. The molecule has 1 atom stereocenters. The van der Waals surface area contributed by atoms with Crippen molar-refractivity contribution in [3.63, 3.8) is 0 Å². The number of nitrogens with zero attached hydrogens (tertiary/aromatic N) is 1. The van der Waals surface area contributed by atoms with Crippen LogP contribution in [0.3, 0.4) is 0 Å². The van der Waals surface area contributed by atoms with Crippen LogP contribution in [0.2, 0.25) is 0 Å². The van der Waals surface area contributed by atoms with Crippen molar-refractivity contribution in [1.29, 1.82) is 0 Å². The average molecular weight is 409 g/mol. The highest BCUT2D eigenvalue weighted by atomic mass is 19.1. The fraction of sp³-hybridized carbons (Fsp3) is 0.474. The zero-order chi connectivity index (χ0) is 21.2. The van der Waals surface area contributed by atoms with E-state index >= 15 is 0 Å². The summed E-state index contributed by atoms with van der Waals surface area (Å²) in [6.45, 7) is 1.13. The van der Waals surface area contributed by atoms with Gasteiger partial charge >= 0.3 is 12.0 Å². The fourth-order valence-corrected chi connectivity index (χ4v) is 3.53. The van der Waals surface area contributed by atoms with Gasteiger partial charge in [0.15, 0.2) is 6.10 Å². The Kier molecular flexibility index (Phi) is 5.81. The molecule has 1 saturated carbocycles. The molecule has 29 heavy (non-hydrogen) atoms. The minimum absolute atomic E-state index is 0.161. The molecule has 2 fully saturated rings. The van der Waals surface area contributed by atoms with Crippen molar-refractivity contribution in [2.24, 2.45) is 0 Å². The minimum Gasteiger partial charge on any atom is -0.452 e. The lowest BCUT2D eigenvalue weighted by Gasteiger charge is -2.20. The van der Waals surface area contributed by atoms with Gasteiger partial charge in [-0.2, -0.15) is 0 Å². The first kappa shape index (κ1) is 20.7. The molecule has 8 nitrogen and oxygen atoms in total. The lowest BCUT2D eigenvalue weighted by Crippen LogP contribution is -2.44. The van der Waals surface area contributed by atoms with Gasteiger partial charge in [-0.1, -0.05) is 12.8 Å². The van der Waals surface area contributed by atoms with Gasteiger partial charge in [0.2, 0.25) is 0 Å². The molecule has 1 aliphatic carbocycles. The maximum absolute atomic E-state index is 13.6. The Morgan fingerprint density at radius 1 is 1.28 bits per heavy atom. The number of ether oxygens (including phenoxy) is 1. The first-order chi connectivity index (χ1) is 13.7. The van der Waals surface area contributed by atoms with Crippen molar-refractivity contribution < 1.29 is 32.7 Å². The number of rotatable bonds is 6. The van der Waals surface area contributed by atoms with E-state index in [2.05, 4.69) is 10.6 Å². The number of hydrogen-bond acceptors (Lipinski definition) is 5. The van der Waals surface area contributed by atoms with Crippen LogP contribution in [0, 0.1) is 11.6 Å². The highest BCUT2D eigenvalue weighted by Gasteiger charge is 2.52. The maximum atomic E-state index is 13.6. The molecule has 0 bridgehead atoms. The highest BCUT2D eigenvalue weighted by molar-refractivity contribution is 6.07. The third-order valence-corrected chi connectivity index (χ3v) is 5.11. The van der Waals surface area contributed by atoms with Crippen molar-refractivity contribution in [2.45, 2.75) is 50.7 Å². The molecule has 2 aliphatic rings. The summed E-state index contributed by atoms with van der Waals surface area (Å²) in [5.74, 6) is -3.69. The van der Waals surface area contributed by atoms with E-state index in [9.17, 15) is 28.0 Å². The summed E-state index contributed by atoms with van der Waals surface area (Å²) in [7, 11) is 0. The smallest absolute Gasteiger partial charge is 0.325 e. The Morgan fingerprint density at radius 2 is 1.97 bits per heavy atom. The molecule has 1 aromatic carbocycles. The molecule has 10 heteroatoms. The molecule has 2 N–H and O–H groups in total. The number of benzene rings is 1. The SMILES string of the molecule is C[C@@H](OC(=O)CCN1C(=O)NC2(CCCC2)C1=O)C(=O)Nc1ccc(F)cc1F. The Balaban J connectivity index is 1.49. The van der Waals surface area contributed by atoms with Crippen LogP contribution in [0.25, 0.3) is 0 Å². The van der Waals surface area contributed by atoms with E-state index in [0.29, 0.717) is 18.9 Å². The van der Waals surface area contributed by atoms with Gasteiger partial charge in [-0.3, -0.25) is 19.3 Å². The Hall–Kier alpha value is -3.04. The standard InChI is InChI=1S/C19H21F2N3O5/c1-11(16(26)22-14-5-4-12(20)10-13(14)21)29-15(25)6-9-24-17(27)19(23-18(24)28)7-2-3-8-19/h4-5,10-11H,2-3,6-9H2,1H3,(H,22,26)(H,23,28)/t11-/m1/s1. The van der Waals surface area contributed by atoms with Crippen LogP contribution < -0.4 is 10.6 Å². The second kappa shape index (κ2) is 8.14. The molecule has 1 saturated heterocycles.